The lowest BCUT2D eigenvalue weighted by Gasteiger charge is -2.18. The van der Waals surface area contributed by atoms with Gasteiger partial charge in [0.1, 0.15) is 0 Å². The lowest BCUT2D eigenvalue weighted by molar-refractivity contribution is -0.142. The Labute approximate surface area is 103 Å². The first-order chi connectivity index (χ1) is 8.15. The van der Waals surface area contributed by atoms with Gasteiger partial charge in [0.25, 0.3) is 0 Å². The van der Waals surface area contributed by atoms with Crippen LogP contribution in [0.5, 0.6) is 0 Å². The number of carbonyl (C=O) groups excluding carboxylic acids is 2. The Morgan fingerprint density at radius 1 is 1.06 bits per heavy atom. The summed E-state index contributed by atoms with van der Waals surface area (Å²) in [5.74, 6) is -0.0475. The molecule has 1 N–H and O–H groups in total. The molecule has 0 aliphatic heterocycles. The molecule has 0 aliphatic carbocycles. The van der Waals surface area contributed by atoms with Crippen molar-refractivity contribution < 1.29 is 14.3 Å². The fraction of sp³-hybridized carbons (Fsp3) is 0.833. The smallest absolute Gasteiger partial charge is 0.307 e. The summed E-state index contributed by atoms with van der Waals surface area (Å²) < 4.78 is 4.79. The molecule has 100 valence electrons. The predicted molar refractivity (Wildman–Crippen MR) is 66.7 cm³/mol. The fourth-order valence-electron chi connectivity index (χ4n) is 1.48. The van der Waals surface area contributed by atoms with E-state index in [4.69, 9.17) is 4.74 Å². The molecule has 0 rings (SSSR count). The third-order valence-electron chi connectivity index (χ3n) is 2.44. The normalized spacial score (nSPS) is 10.1. The summed E-state index contributed by atoms with van der Waals surface area (Å²) in [4.78, 5) is 24.4. The molecular formula is C12H24N2O3. The van der Waals surface area contributed by atoms with Crippen molar-refractivity contribution in [1.82, 2.24) is 10.2 Å². The van der Waals surface area contributed by atoms with Gasteiger partial charge in [0.05, 0.1) is 13.0 Å². The Morgan fingerprint density at radius 2 is 1.65 bits per heavy atom. The number of carbonyl (C=O) groups is 2. The fourth-order valence-corrected chi connectivity index (χ4v) is 1.48. The zero-order valence-corrected chi connectivity index (χ0v) is 11.1. The molecule has 0 unspecified atom stereocenters. The average molecular weight is 244 g/mol. The SMILES string of the molecule is CCOC(=O)CCNCCC(=O)N(CC)CC. The predicted octanol–water partition coefficient (Wildman–Crippen LogP) is 0.788. The van der Waals surface area contributed by atoms with Crippen LogP contribution in [0.2, 0.25) is 0 Å². The summed E-state index contributed by atoms with van der Waals surface area (Å²) in [6, 6.07) is 0. The number of nitrogens with zero attached hydrogens (tertiary/aromatic N) is 1. The largest absolute Gasteiger partial charge is 0.466 e. The van der Waals surface area contributed by atoms with Crippen molar-refractivity contribution in [1.29, 1.82) is 0 Å². The molecule has 0 bridgehead atoms. The Balaban J connectivity index is 3.51. The quantitative estimate of drug-likeness (QED) is 0.481. The van der Waals surface area contributed by atoms with E-state index < -0.39 is 0 Å². The van der Waals surface area contributed by atoms with Gasteiger partial charge in [-0.1, -0.05) is 0 Å². The molecule has 5 nitrogen and oxygen atoms in total. The number of amides is 1. The summed E-state index contributed by atoms with van der Waals surface area (Å²) in [7, 11) is 0. The standard InChI is InChI=1S/C12H24N2O3/c1-4-14(5-2)11(15)7-9-13-10-8-12(16)17-6-3/h13H,4-10H2,1-3H3. The minimum absolute atomic E-state index is 0.152. The molecule has 0 aromatic heterocycles. The van der Waals surface area contributed by atoms with Gasteiger partial charge in [0, 0.05) is 32.6 Å². The van der Waals surface area contributed by atoms with Crippen LogP contribution in [-0.4, -0.2) is 49.6 Å². The van der Waals surface area contributed by atoms with Crippen LogP contribution in [0.25, 0.3) is 0 Å². The summed E-state index contributed by atoms with van der Waals surface area (Å²) in [5.41, 5.74) is 0. The monoisotopic (exact) mass is 244 g/mol. The summed E-state index contributed by atoms with van der Waals surface area (Å²) >= 11 is 0. The number of hydrogen-bond donors (Lipinski definition) is 1. The highest BCUT2D eigenvalue weighted by molar-refractivity contribution is 5.76. The Morgan fingerprint density at radius 3 is 2.18 bits per heavy atom. The molecule has 0 atom stereocenters. The Kier molecular flexibility index (Phi) is 9.43. The van der Waals surface area contributed by atoms with E-state index in [1.54, 1.807) is 11.8 Å². The van der Waals surface area contributed by atoms with Gasteiger partial charge in [-0.3, -0.25) is 9.59 Å². The number of rotatable bonds is 9. The van der Waals surface area contributed by atoms with Crippen LogP contribution in [0.4, 0.5) is 0 Å². The van der Waals surface area contributed by atoms with E-state index in [1.165, 1.54) is 0 Å². The van der Waals surface area contributed by atoms with E-state index in [2.05, 4.69) is 5.32 Å². The summed E-state index contributed by atoms with van der Waals surface area (Å²) in [5, 5.41) is 3.06. The van der Waals surface area contributed by atoms with E-state index in [0.717, 1.165) is 13.1 Å². The molecule has 0 spiro atoms. The lowest BCUT2D eigenvalue weighted by Crippen LogP contribution is -2.33. The van der Waals surface area contributed by atoms with Crippen molar-refractivity contribution in [2.75, 3.05) is 32.8 Å². The number of ether oxygens (including phenoxy) is 1. The molecule has 5 heteroatoms. The lowest BCUT2D eigenvalue weighted by atomic mass is 10.3. The molecular weight excluding hydrogens is 220 g/mol. The minimum Gasteiger partial charge on any atom is -0.466 e. The van der Waals surface area contributed by atoms with Crippen LogP contribution in [0.15, 0.2) is 0 Å². The first kappa shape index (κ1) is 15.9. The molecule has 0 fully saturated rings. The Bertz CT molecular complexity index is 228. The number of nitrogens with one attached hydrogen (secondary N) is 1. The second kappa shape index (κ2) is 10.1. The molecule has 0 heterocycles. The van der Waals surface area contributed by atoms with Gasteiger partial charge in [-0.15, -0.1) is 0 Å². The molecule has 0 aromatic rings. The van der Waals surface area contributed by atoms with Crippen LogP contribution >= 0.6 is 0 Å². The van der Waals surface area contributed by atoms with Gasteiger partial charge in [-0.25, -0.2) is 0 Å². The van der Waals surface area contributed by atoms with Crippen LogP contribution in [-0.2, 0) is 14.3 Å². The van der Waals surface area contributed by atoms with Gasteiger partial charge in [-0.2, -0.15) is 0 Å². The third kappa shape index (κ3) is 7.74. The van der Waals surface area contributed by atoms with Crippen molar-refractivity contribution in [2.45, 2.75) is 33.6 Å². The van der Waals surface area contributed by atoms with Crippen LogP contribution in [0, 0.1) is 0 Å². The maximum absolute atomic E-state index is 11.6. The number of esters is 1. The van der Waals surface area contributed by atoms with E-state index in [-0.39, 0.29) is 11.9 Å². The highest BCUT2D eigenvalue weighted by atomic mass is 16.5. The van der Waals surface area contributed by atoms with E-state index >= 15 is 0 Å². The van der Waals surface area contributed by atoms with Crippen molar-refractivity contribution in [3.05, 3.63) is 0 Å². The molecule has 17 heavy (non-hydrogen) atoms. The van der Waals surface area contributed by atoms with Gasteiger partial charge < -0.3 is 15.0 Å². The minimum atomic E-state index is -0.199. The third-order valence-corrected chi connectivity index (χ3v) is 2.44. The highest BCUT2D eigenvalue weighted by Crippen LogP contribution is 1.92. The topological polar surface area (TPSA) is 58.6 Å². The van der Waals surface area contributed by atoms with Gasteiger partial charge in [-0.05, 0) is 20.8 Å². The van der Waals surface area contributed by atoms with E-state index in [9.17, 15) is 9.59 Å². The molecule has 1 amide bonds. The van der Waals surface area contributed by atoms with Gasteiger partial charge >= 0.3 is 5.97 Å². The van der Waals surface area contributed by atoms with E-state index in [0.29, 0.717) is 32.5 Å². The van der Waals surface area contributed by atoms with Crippen molar-refractivity contribution in [3.8, 4) is 0 Å². The molecule has 0 saturated heterocycles. The van der Waals surface area contributed by atoms with E-state index in [1.807, 2.05) is 13.8 Å². The van der Waals surface area contributed by atoms with Gasteiger partial charge in [0.2, 0.25) is 5.91 Å². The molecule has 0 saturated carbocycles. The zero-order valence-electron chi connectivity index (χ0n) is 11.1. The van der Waals surface area contributed by atoms with Crippen LogP contribution in [0.3, 0.4) is 0 Å². The van der Waals surface area contributed by atoms with Crippen molar-refractivity contribution >= 4 is 11.9 Å². The zero-order chi connectivity index (χ0) is 13.1. The average Bonchev–Trinajstić information content (AvgIpc) is 2.30. The highest BCUT2D eigenvalue weighted by Gasteiger charge is 2.08. The maximum atomic E-state index is 11.6. The second-order valence-electron chi connectivity index (χ2n) is 3.62. The summed E-state index contributed by atoms with van der Waals surface area (Å²) in [6.07, 6.45) is 0.831. The second-order valence-corrected chi connectivity index (χ2v) is 3.62. The first-order valence-corrected chi connectivity index (χ1v) is 6.29. The maximum Gasteiger partial charge on any atom is 0.307 e. The van der Waals surface area contributed by atoms with Crippen molar-refractivity contribution in [2.24, 2.45) is 0 Å². The van der Waals surface area contributed by atoms with Crippen LogP contribution in [0.1, 0.15) is 33.6 Å². The number of hydrogen-bond acceptors (Lipinski definition) is 4. The molecule has 0 aromatic carbocycles. The molecule has 0 aliphatic rings. The van der Waals surface area contributed by atoms with Crippen molar-refractivity contribution in [3.63, 3.8) is 0 Å². The van der Waals surface area contributed by atoms with Crippen LogP contribution < -0.4 is 5.32 Å². The Hall–Kier alpha value is -1.10. The molecule has 0 radical (unpaired) electrons. The summed E-state index contributed by atoms with van der Waals surface area (Å²) in [6.45, 7) is 8.80. The first-order valence-electron chi connectivity index (χ1n) is 6.29. The van der Waals surface area contributed by atoms with Gasteiger partial charge in [0.15, 0.2) is 0 Å².